The first-order valence-corrected chi connectivity index (χ1v) is 5.62. The fraction of sp³-hybridized carbons (Fsp3) is 1.00. The van der Waals surface area contributed by atoms with Gasteiger partial charge in [0.2, 0.25) is 5.08 Å². The molecule has 0 aliphatic heterocycles. The predicted molar refractivity (Wildman–Crippen MR) is 43.8 cm³/mol. The van der Waals surface area contributed by atoms with Crippen molar-refractivity contribution in [2.75, 3.05) is 6.54 Å². The first-order chi connectivity index (χ1) is 5.87. The summed E-state index contributed by atoms with van der Waals surface area (Å²) < 4.78 is 14.6. The Morgan fingerprint density at radius 1 is 1.54 bits per heavy atom. The van der Waals surface area contributed by atoms with Gasteiger partial charge in [0.1, 0.15) is 8.81 Å². The molecule has 8 nitrogen and oxygen atoms in total. The molecule has 0 aromatic heterocycles. The maximum absolute atomic E-state index is 10.7. The molecule has 10 heteroatoms. The van der Waals surface area contributed by atoms with Gasteiger partial charge in [0.15, 0.2) is 0 Å². The molecule has 0 spiro atoms. The Hall–Kier alpha value is 0.380. The van der Waals surface area contributed by atoms with E-state index in [4.69, 9.17) is 20.8 Å². The Bertz CT molecular complexity index is 194. The number of hydrogen-bond acceptors (Lipinski definition) is 6. The molecule has 0 aromatic carbocycles. The Labute approximate surface area is 75.5 Å². The summed E-state index contributed by atoms with van der Waals surface area (Å²) in [6, 6.07) is 0. The van der Waals surface area contributed by atoms with E-state index in [1.165, 1.54) is 0 Å². The minimum Gasteiger partial charge on any atom is -0.372 e. The van der Waals surface area contributed by atoms with Crippen LogP contribution >= 0.6 is 16.4 Å². The molecule has 2 atom stereocenters. The Balaban J connectivity index is 4.43. The second-order valence-electron chi connectivity index (χ2n) is 2.16. The molecule has 2 unspecified atom stereocenters. The molecular weight excluding hydrogens is 224 g/mol. The molecule has 0 saturated carbocycles. The van der Waals surface area contributed by atoms with E-state index >= 15 is 0 Å². The third-order valence-corrected chi connectivity index (χ3v) is 4.29. The van der Waals surface area contributed by atoms with Gasteiger partial charge in [-0.15, -0.1) is 0 Å². The van der Waals surface area contributed by atoms with E-state index in [0.29, 0.717) is 0 Å². The van der Waals surface area contributed by atoms with Crippen molar-refractivity contribution in [2.45, 2.75) is 11.5 Å². The summed E-state index contributed by atoms with van der Waals surface area (Å²) in [6.07, 6.45) is -0.362. The lowest BCUT2D eigenvalue weighted by molar-refractivity contribution is -0.436. The van der Waals surface area contributed by atoms with Gasteiger partial charge in [0.25, 0.3) is 0 Å². The van der Waals surface area contributed by atoms with Crippen molar-refractivity contribution in [3.63, 3.8) is 0 Å². The second kappa shape index (κ2) is 5.31. The third kappa shape index (κ3) is 3.95. The molecule has 6 N–H and O–H groups in total. The van der Waals surface area contributed by atoms with Crippen LogP contribution in [0.4, 0.5) is 0 Å². The van der Waals surface area contributed by atoms with Crippen LogP contribution < -0.4 is 5.73 Å². The summed E-state index contributed by atoms with van der Waals surface area (Å²) in [5.41, 5.74) is 5.03. The van der Waals surface area contributed by atoms with E-state index in [0.717, 1.165) is 0 Å². The van der Waals surface area contributed by atoms with Crippen LogP contribution in [0.1, 0.15) is 6.42 Å². The molecule has 0 fully saturated rings. The zero-order valence-electron chi connectivity index (χ0n) is 6.45. The van der Waals surface area contributed by atoms with Gasteiger partial charge in [-0.2, -0.15) is 4.67 Å². The van der Waals surface area contributed by atoms with Crippen LogP contribution in [0.15, 0.2) is 0 Å². The normalized spacial score (nSPS) is 17.9. The van der Waals surface area contributed by atoms with Gasteiger partial charge in [-0.1, -0.05) is 5.04 Å². The third-order valence-electron chi connectivity index (χ3n) is 1.22. The van der Waals surface area contributed by atoms with E-state index in [2.05, 4.69) is 9.71 Å². The summed E-state index contributed by atoms with van der Waals surface area (Å²) in [7, 11) is -5.89. The molecule has 13 heavy (non-hydrogen) atoms. The van der Waals surface area contributed by atoms with Crippen LogP contribution in [0.3, 0.4) is 0 Å². The van der Waals surface area contributed by atoms with Gasteiger partial charge in [-0.3, -0.25) is 4.57 Å². The zero-order valence-corrected chi connectivity index (χ0v) is 8.35. The molecule has 0 aliphatic rings. The first-order valence-electron chi connectivity index (χ1n) is 3.09. The van der Waals surface area contributed by atoms with Gasteiger partial charge >= 0.3 is 7.60 Å². The minimum absolute atomic E-state index is 0.136. The molecular formula is C3H11NO7P2. The summed E-state index contributed by atoms with van der Waals surface area (Å²) in [5, 5.41) is 17.8. The number of hydrogen-bond donors (Lipinski definition) is 5. The molecule has 0 aromatic rings. The van der Waals surface area contributed by atoms with Crippen molar-refractivity contribution in [1.82, 2.24) is 0 Å². The highest BCUT2D eigenvalue weighted by molar-refractivity contribution is 7.64. The highest BCUT2D eigenvalue weighted by Gasteiger charge is 2.46. The Morgan fingerprint density at radius 3 is 2.38 bits per heavy atom. The largest absolute Gasteiger partial charge is 0.372 e. The monoisotopic (exact) mass is 235 g/mol. The van der Waals surface area contributed by atoms with Crippen LogP contribution in [0.25, 0.3) is 0 Å². The van der Waals surface area contributed by atoms with E-state index < -0.39 is 21.5 Å². The van der Waals surface area contributed by atoms with E-state index in [1.54, 1.807) is 0 Å². The summed E-state index contributed by atoms with van der Waals surface area (Å²) in [4.78, 5) is 17.4. The van der Waals surface area contributed by atoms with Crippen molar-refractivity contribution >= 4 is 16.4 Å². The quantitative estimate of drug-likeness (QED) is 0.228. The smallest absolute Gasteiger partial charge is 0.363 e. The average Bonchev–Trinajstić information content (AvgIpc) is 1.99. The molecule has 0 heterocycles. The molecule has 0 aliphatic carbocycles. The maximum Gasteiger partial charge on any atom is 0.363 e. The van der Waals surface area contributed by atoms with Crippen molar-refractivity contribution in [3.05, 3.63) is 0 Å². The van der Waals surface area contributed by atoms with Crippen molar-refractivity contribution in [2.24, 2.45) is 5.73 Å². The zero-order chi connectivity index (χ0) is 10.5. The van der Waals surface area contributed by atoms with E-state index in [-0.39, 0.29) is 13.0 Å². The molecule has 0 radical (unpaired) electrons. The van der Waals surface area contributed by atoms with E-state index in [1.807, 2.05) is 0 Å². The van der Waals surface area contributed by atoms with Gasteiger partial charge < -0.3 is 20.6 Å². The van der Waals surface area contributed by atoms with Crippen LogP contribution in [0, 0.1) is 0 Å². The lowest BCUT2D eigenvalue weighted by Crippen LogP contribution is -2.26. The summed E-state index contributed by atoms with van der Waals surface area (Å²) >= 11 is 0. The second-order valence-corrected chi connectivity index (χ2v) is 5.61. The number of rotatable bonds is 6. The SMILES string of the molecule is NCCC(O)(POOO)P(=O)(O)O. The van der Waals surface area contributed by atoms with Gasteiger partial charge in [-0.05, 0) is 6.54 Å². The number of nitrogens with two attached hydrogens (primary N) is 1. The van der Waals surface area contributed by atoms with Crippen molar-refractivity contribution < 1.29 is 34.4 Å². The summed E-state index contributed by atoms with van der Waals surface area (Å²) in [6.45, 7) is -0.136. The Morgan fingerprint density at radius 2 is 2.08 bits per heavy atom. The van der Waals surface area contributed by atoms with Crippen LogP contribution in [0.5, 0.6) is 0 Å². The van der Waals surface area contributed by atoms with Gasteiger partial charge in [0.05, 0.1) is 0 Å². The molecule has 0 bridgehead atoms. The fourth-order valence-corrected chi connectivity index (χ4v) is 1.97. The fourth-order valence-electron chi connectivity index (χ4n) is 0.543. The van der Waals surface area contributed by atoms with Crippen LogP contribution in [-0.2, 0) is 14.3 Å². The van der Waals surface area contributed by atoms with E-state index in [9.17, 15) is 9.67 Å². The lowest BCUT2D eigenvalue weighted by Gasteiger charge is -2.25. The Kier molecular flexibility index (Phi) is 5.46. The predicted octanol–water partition coefficient (Wildman–Crippen LogP) is -0.826. The molecule has 0 saturated heterocycles. The minimum atomic E-state index is -4.76. The molecule has 0 amide bonds. The number of aliphatic hydroxyl groups is 1. The lowest BCUT2D eigenvalue weighted by atomic mass is 10.5. The van der Waals surface area contributed by atoms with Crippen LogP contribution in [-0.4, -0.2) is 31.8 Å². The molecule has 0 rings (SSSR count). The average molecular weight is 235 g/mol. The van der Waals surface area contributed by atoms with Crippen molar-refractivity contribution in [1.29, 1.82) is 0 Å². The topological polar surface area (TPSA) is 142 Å². The van der Waals surface area contributed by atoms with Crippen molar-refractivity contribution in [3.8, 4) is 0 Å². The highest BCUT2D eigenvalue weighted by Crippen LogP contribution is 2.59. The molecule has 80 valence electrons. The standard InChI is InChI=1S/C3H11NO7P2/c4-2-1-3(5,12-11-10-6)13(7,8)9/h5-6,12H,1-2,4H2,(H2,7,8,9). The highest BCUT2D eigenvalue weighted by atomic mass is 31.2. The maximum atomic E-state index is 10.7. The first kappa shape index (κ1) is 13.4. The van der Waals surface area contributed by atoms with Crippen LogP contribution in [0.2, 0.25) is 0 Å². The summed E-state index contributed by atoms with van der Waals surface area (Å²) in [5.74, 6) is 0. The van der Waals surface area contributed by atoms with Gasteiger partial charge in [-0.25, -0.2) is 5.26 Å². The van der Waals surface area contributed by atoms with Gasteiger partial charge in [0, 0.05) is 6.42 Å².